The van der Waals surface area contributed by atoms with Crippen molar-refractivity contribution in [3.05, 3.63) is 70.4 Å². The second-order valence-corrected chi connectivity index (χ2v) is 9.71. The van der Waals surface area contributed by atoms with Gasteiger partial charge in [0.15, 0.2) is 0 Å². The van der Waals surface area contributed by atoms with Crippen LogP contribution in [0.3, 0.4) is 0 Å². The maximum atomic E-state index is 13.5. The molecule has 1 fully saturated rings. The van der Waals surface area contributed by atoms with Crippen molar-refractivity contribution in [2.75, 3.05) is 18.5 Å². The molecule has 5 rings (SSSR count). The molecule has 1 aliphatic heterocycles. The van der Waals surface area contributed by atoms with Crippen LogP contribution in [0.1, 0.15) is 19.8 Å². The summed E-state index contributed by atoms with van der Waals surface area (Å²) in [6, 6.07) is 10.6. The van der Waals surface area contributed by atoms with E-state index in [1.807, 2.05) is 19.1 Å². The first kappa shape index (κ1) is 21.1. The Labute approximate surface area is 197 Å². The summed E-state index contributed by atoms with van der Waals surface area (Å²) in [7, 11) is 0. The molecule has 2 heterocycles. The van der Waals surface area contributed by atoms with Gasteiger partial charge in [-0.05, 0) is 0 Å². The molecule has 1 N–H and O–H groups in total. The fourth-order valence-electron chi connectivity index (χ4n) is 3.43. The van der Waals surface area contributed by atoms with Crippen LogP contribution in [0.2, 0.25) is 0 Å². The van der Waals surface area contributed by atoms with Gasteiger partial charge in [-0.2, -0.15) is 0 Å². The van der Waals surface area contributed by atoms with Crippen LogP contribution in [0.15, 0.2) is 67.7 Å². The molecule has 32 heavy (non-hydrogen) atoms. The summed E-state index contributed by atoms with van der Waals surface area (Å²) < 4.78 is 26.4. The van der Waals surface area contributed by atoms with Gasteiger partial charge in [-0.15, -0.1) is 0 Å². The number of hydrogen-bond acceptors (Lipinski definition) is 5. The third-order valence-electron chi connectivity index (χ3n) is 5.42. The molecule has 1 aliphatic carbocycles. The summed E-state index contributed by atoms with van der Waals surface area (Å²) in [5.74, 6) is 1.87. The molecule has 1 aromatic heterocycles. The molecule has 2 aromatic carbocycles. The number of aromatic nitrogens is 2. The minimum atomic E-state index is -0.321. The van der Waals surface area contributed by atoms with Crippen LogP contribution in [-0.2, 0) is 0 Å². The Morgan fingerprint density at radius 3 is 2.75 bits per heavy atom. The molecule has 1 saturated carbocycles. The van der Waals surface area contributed by atoms with Crippen molar-refractivity contribution in [1.82, 2.24) is 9.97 Å². The molecular weight excluding hydrogens is 518 g/mol. The Morgan fingerprint density at radius 2 is 1.94 bits per heavy atom. The molecule has 164 valence electrons. The standard InChI is InChI=1S/C25H23FIN4O/c1-16-2-3-18(12-27-31-16)13-28-25-22-10-20(19-6-8-21(26)9-7-19)11-23(24(22)29-15-30-25)32-14-17-4-5-17/h2-3,6-12,15,17H,4-5,13-14H2,1H3,(H,28,29,30)/q-1. The third kappa shape index (κ3) is 4.98. The molecule has 7 heteroatoms. The second kappa shape index (κ2) is 9.36. The number of fused-ring (bicyclic) bond motifs is 1. The summed E-state index contributed by atoms with van der Waals surface area (Å²) in [5.41, 5.74) is 4.92. The molecule has 0 spiro atoms. The predicted molar refractivity (Wildman–Crippen MR) is 122 cm³/mol. The van der Waals surface area contributed by atoms with Gasteiger partial charge >= 0.3 is 193 Å². The van der Waals surface area contributed by atoms with Crippen LogP contribution < -0.4 is 31.5 Å². The number of allylic oxidation sites excluding steroid dienone is 1. The van der Waals surface area contributed by atoms with Crippen molar-refractivity contribution >= 4 is 22.4 Å². The van der Waals surface area contributed by atoms with Crippen molar-refractivity contribution in [1.29, 1.82) is 0 Å². The molecule has 0 bridgehead atoms. The van der Waals surface area contributed by atoms with E-state index in [0.29, 0.717) is 19.1 Å². The van der Waals surface area contributed by atoms with Crippen LogP contribution in [0.4, 0.5) is 10.2 Å². The number of benzene rings is 2. The van der Waals surface area contributed by atoms with Gasteiger partial charge in [0, 0.05) is 0 Å². The van der Waals surface area contributed by atoms with Crippen LogP contribution >= 0.6 is 0 Å². The summed E-state index contributed by atoms with van der Waals surface area (Å²) in [5, 5.41) is 4.36. The van der Waals surface area contributed by atoms with Crippen LogP contribution in [0.5, 0.6) is 5.75 Å². The zero-order valence-corrected chi connectivity index (χ0v) is 19.8. The van der Waals surface area contributed by atoms with Gasteiger partial charge in [-0.1, -0.05) is 0 Å². The zero-order chi connectivity index (χ0) is 21.9. The zero-order valence-electron chi connectivity index (χ0n) is 17.7. The quantitative estimate of drug-likeness (QED) is 0.468. The van der Waals surface area contributed by atoms with Gasteiger partial charge in [-0.25, -0.2) is 4.39 Å². The molecule has 0 atom stereocenters. The first-order valence-corrected chi connectivity index (χ1v) is 12.8. The van der Waals surface area contributed by atoms with Crippen LogP contribution in [0, 0.1) is 11.7 Å². The molecule has 0 radical (unpaired) electrons. The molecule has 0 unspecified atom stereocenters. The van der Waals surface area contributed by atoms with Gasteiger partial charge in [0.25, 0.3) is 0 Å². The predicted octanol–water partition coefficient (Wildman–Crippen LogP) is 2.56. The maximum absolute atomic E-state index is 13.5. The van der Waals surface area contributed by atoms with Crippen molar-refractivity contribution in [2.24, 2.45) is 9.12 Å². The summed E-state index contributed by atoms with van der Waals surface area (Å²) in [6.45, 7) is 3.37. The first-order valence-electron chi connectivity index (χ1n) is 10.6. The van der Waals surface area contributed by atoms with Gasteiger partial charge < -0.3 is 0 Å². The average Bonchev–Trinajstić information content (AvgIpc) is 3.65. The normalized spacial score (nSPS) is 16.1. The molecule has 5 nitrogen and oxygen atoms in total. The van der Waals surface area contributed by atoms with E-state index in [2.05, 4.69) is 34.7 Å². The molecule has 2 aliphatic rings. The topological polar surface area (TPSA) is 59.4 Å². The van der Waals surface area contributed by atoms with E-state index < -0.39 is 0 Å². The fraction of sp³-hybridized carbons (Fsp3) is 0.240. The van der Waals surface area contributed by atoms with Gasteiger partial charge in [-0.3, -0.25) is 0 Å². The third-order valence-corrected chi connectivity index (χ3v) is 7.54. The Hall–Kier alpha value is -2.81. The van der Waals surface area contributed by atoms with E-state index in [0.717, 1.165) is 39.3 Å². The number of halogens is 2. The van der Waals surface area contributed by atoms with Crippen molar-refractivity contribution in [3.63, 3.8) is 0 Å². The van der Waals surface area contributed by atoms with Crippen molar-refractivity contribution in [2.45, 2.75) is 19.8 Å². The number of nitrogens with zero attached hydrogens (tertiary/aromatic N) is 3. The Kier molecular flexibility index (Phi) is 6.16. The van der Waals surface area contributed by atoms with E-state index in [-0.39, 0.29) is 27.3 Å². The van der Waals surface area contributed by atoms with E-state index >= 15 is 0 Å². The number of rotatable bonds is 7. The Balaban J connectivity index is 1.50. The number of ether oxygens (including phenoxy) is 1. The molecular formula is C25H23FIN4O-. The van der Waals surface area contributed by atoms with Crippen molar-refractivity contribution in [3.8, 4) is 16.9 Å². The number of anilines is 1. The SMILES string of the molecule is CC1=N[I-]C=C(CNc2ncnc3c(OCC4CC4)cc(-c4ccc(F)cc4)cc23)C=C1. The second-order valence-electron chi connectivity index (χ2n) is 8.05. The van der Waals surface area contributed by atoms with E-state index in [9.17, 15) is 4.39 Å². The first-order chi connectivity index (χ1) is 15.7. The number of nitrogens with one attached hydrogen (secondary N) is 1. The van der Waals surface area contributed by atoms with Gasteiger partial charge in [0.1, 0.15) is 0 Å². The summed E-state index contributed by atoms with van der Waals surface area (Å²) in [4.78, 5) is 9.05. The number of hydrogen-bond donors (Lipinski definition) is 1. The fourth-order valence-corrected chi connectivity index (χ4v) is 4.95. The van der Waals surface area contributed by atoms with Gasteiger partial charge in [0.05, 0.1) is 0 Å². The van der Waals surface area contributed by atoms with Crippen molar-refractivity contribution < 1.29 is 30.6 Å². The molecule has 0 amide bonds. The van der Waals surface area contributed by atoms with E-state index in [1.54, 1.807) is 18.5 Å². The van der Waals surface area contributed by atoms with Crippen LogP contribution in [-0.4, -0.2) is 28.8 Å². The van der Waals surface area contributed by atoms with E-state index in [1.165, 1.54) is 30.5 Å². The summed E-state index contributed by atoms with van der Waals surface area (Å²) in [6.07, 6.45) is 8.16. The van der Waals surface area contributed by atoms with Gasteiger partial charge in [0.2, 0.25) is 0 Å². The molecule has 0 saturated heterocycles. The molecule has 3 aromatic rings. The minimum absolute atomic E-state index is 0.253. The Bertz CT molecular complexity index is 1230. The average molecular weight is 541 g/mol. The van der Waals surface area contributed by atoms with E-state index in [4.69, 9.17) is 4.74 Å². The monoisotopic (exact) mass is 541 g/mol. The summed E-state index contributed by atoms with van der Waals surface area (Å²) >= 11 is -0.321. The van der Waals surface area contributed by atoms with Crippen LogP contribution in [0.25, 0.3) is 22.0 Å². The Morgan fingerprint density at radius 1 is 1.09 bits per heavy atom.